The second kappa shape index (κ2) is 23.5. The van der Waals surface area contributed by atoms with E-state index in [9.17, 15) is 9.59 Å². The Morgan fingerprint density at radius 3 is 1.52 bits per heavy atom. The molecule has 0 saturated carbocycles. The van der Waals surface area contributed by atoms with Crippen LogP contribution in [-0.2, 0) is 89.9 Å². The lowest BCUT2D eigenvalue weighted by molar-refractivity contribution is -0.118. The highest BCUT2D eigenvalue weighted by molar-refractivity contribution is 5.90. The zero-order chi connectivity index (χ0) is 42.8. The molecule has 2 amide bonds. The number of carbonyl (C=O) groups is 2. The number of urea groups is 1. The highest BCUT2D eigenvalue weighted by Crippen LogP contribution is 2.31. The number of hydrogen-bond acceptors (Lipinski definition) is 8. The molecule has 4 aromatic rings. The third-order valence-electron chi connectivity index (χ3n) is 10.3. The molecule has 4 bridgehead atoms. The van der Waals surface area contributed by atoms with Crippen LogP contribution >= 0.6 is 0 Å². The number of Topliss-reactive ketones (excluding diaryl/α,β-unsaturated/α-hetero) is 1. The summed E-state index contributed by atoms with van der Waals surface area (Å²) in [5.74, 6) is 0.228. The predicted octanol–water partition coefficient (Wildman–Crippen LogP) is 9.16. The number of hydrogen-bond donors (Lipinski definition) is 2. The molecular formula is C50H66N2O8. The van der Waals surface area contributed by atoms with E-state index in [0.717, 1.165) is 38.9 Å². The number of anilines is 1. The number of benzene rings is 4. The molecule has 4 aliphatic rings. The van der Waals surface area contributed by atoms with Gasteiger partial charge in [-0.15, -0.1) is 0 Å². The summed E-state index contributed by atoms with van der Waals surface area (Å²) < 4.78 is 34.7. The van der Waals surface area contributed by atoms with Crippen molar-refractivity contribution >= 4 is 17.5 Å². The van der Waals surface area contributed by atoms with Crippen LogP contribution in [0.5, 0.6) is 0 Å². The maximum absolute atomic E-state index is 13.2. The van der Waals surface area contributed by atoms with Crippen LogP contribution in [0.25, 0.3) is 0 Å². The second-order valence-corrected chi connectivity index (χ2v) is 17.5. The Morgan fingerprint density at radius 2 is 0.983 bits per heavy atom. The van der Waals surface area contributed by atoms with Crippen molar-refractivity contribution in [1.29, 1.82) is 0 Å². The quantitative estimate of drug-likeness (QED) is 0.181. The monoisotopic (exact) mass is 822 g/mol. The Balaban J connectivity index is 1.09. The first-order chi connectivity index (χ1) is 28.8. The Labute approximate surface area is 357 Å². The lowest BCUT2D eigenvalue weighted by Gasteiger charge is -2.26. The minimum absolute atomic E-state index is 0.00608. The van der Waals surface area contributed by atoms with E-state index in [4.69, 9.17) is 28.4 Å². The van der Waals surface area contributed by atoms with Crippen molar-refractivity contribution in [3.63, 3.8) is 0 Å². The maximum Gasteiger partial charge on any atom is 0.319 e. The van der Waals surface area contributed by atoms with Gasteiger partial charge in [0.1, 0.15) is 5.78 Å². The molecule has 0 unspecified atom stereocenters. The summed E-state index contributed by atoms with van der Waals surface area (Å²) in [5.41, 5.74) is 10.2. The normalized spacial score (nSPS) is 15.7. The average molecular weight is 823 g/mol. The van der Waals surface area contributed by atoms with Crippen LogP contribution in [0.2, 0.25) is 0 Å². The standard InChI is InChI=1S/C50H66N2O8/c1-49(2,3)44-27-42(28-45(31-44)50(4,5)6)29-46(53)18-16-37-7-9-38(10-8-37)32-51-48(54)52-47-30-41-15-17-43(47)36-60-26-22-56-20-24-58-34-40-13-11-39(12-14-40)33-57-23-19-55-21-25-59-35-41/h7-15,17,27-28,30-31H,16,18-26,29,32-36H2,1-6H3,(H2,51,52,54). The molecule has 0 aromatic heterocycles. The summed E-state index contributed by atoms with van der Waals surface area (Å²) >= 11 is 0. The van der Waals surface area contributed by atoms with Crippen molar-refractivity contribution in [2.24, 2.45) is 0 Å². The molecule has 0 radical (unpaired) electrons. The van der Waals surface area contributed by atoms with E-state index in [0.29, 0.717) is 111 Å². The Hall–Kier alpha value is -4.42. The van der Waals surface area contributed by atoms with Crippen LogP contribution in [-0.4, -0.2) is 64.7 Å². The molecule has 60 heavy (non-hydrogen) atoms. The number of ether oxygens (including phenoxy) is 6. The average Bonchev–Trinajstić information content (AvgIpc) is 3.21. The van der Waals surface area contributed by atoms with Crippen molar-refractivity contribution in [2.45, 2.75) is 105 Å². The molecule has 2 N–H and O–H groups in total. The predicted molar refractivity (Wildman–Crippen MR) is 236 cm³/mol. The number of amides is 2. The van der Waals surface area contributed by atoms with Gasteiger partial charge in [0.15, 0.2) is 0 Å². The lowest BCUT2D eigenvalue weighted by Crippen LogP contribution is -2.28. The van der Waals surface area contributed by atoms with Crippen molar-refractivity contribution in [3.8, 4) is 0 Å². The van der Waals surface area contributed by atoms with Gasteiger partial charge in [0, 0.05) is 30.6 Å². The Bertz CT molecular complexity index is 1900. The van der Waals surface area contributed by atoms with Gasteiger partial charge in [0.25, 0.3) is 0 Å². The van der Waals surface area contributed by atoms with Crippen molar-refractivity contribution in [3.05, 3.63) is 135 Å². The van der Waals surface area contributed by atoms with Crippen molar-refractivity contribution in [1.82, 2.24) is 5.32 Å². The van der Waals surface area contributed by atoms with E-state index in [2.05, 4.69) is 82.5 Å². The van der Waals surface area contributed by atoms with Gasteiger partial charge >= 0.3 is 6.03 Å². The fourth-order valence-electron chi connectivity index (χ4n) is 6.55. The zero-order valence-corrected chi connectivity index (χ0v) is 36.7. The molecule has 0 saturated heterocycles. The second-order valence-electron chi connectivity index (χ2n) is 17.5. The number of ketones is 1. The summed E-state index contributed by atoms with van der Waals surface area (Å²) in [5, 5.41) is 6.00. The first-order valence-electron chi connectivity index (χ1n) is 21.3. The molecule has 0 atom stereocenters. The smallest absolute Gasteiger partial charge is 0.319 e. The number of aryl methyl sites for hydroxylation is 1. The molecule has 0 aliphatic carbocycles. The summed E-state index contributed by atoms with van der Waals surface area (Å²) in [6, 6.07) is 28.4. The van der Waals surface area contributed by atoms with Crippen molar-refractivity contribution in [2.75, 3.05) is 58.2 Å². The Kier molecular flexibility index (Phi) is 18.3. The van der Waals surface area contributed by atoms with Crippen LogP contribution in [0, 0.1) is 0 Å². The molecule has 10 heteroatoms. The van der Waals surface area contributed by atoms with Crippen LogP contribution in [0.1, 0.15) is 98.0 Å². The minimum Gasteiger partial charge on any atom is -0.377 e. The van der Waals surface area contributed by atoms with Crippen LogP contribution in [0.4, 0.5) is 10.5 Å². The highest BCUT2D eigenvalue weighted by atomic mass is 16.5. The fraction of sp³-hybridized carbons (Fsp3) is 0.480. The van der Waals surface area contributed by atoms with E-state index in [1.807, 2.05) is 54.6 Å². The topological polar surface area (TPSA) is 114 Å². The van der Waals surface area contributed by atoms with E-state index >= 15 is 0 Å². The van der Waals surface area contributed by atoms with Gasteiger partial charge in [-0.3, -0.25) is 4.79 Å². The van der Waals surface area contributed by atoms with Crippen LogP contribution < -0.4 is 10.6 Å². The number of nitrogens with one attached hydrogen (secondary N) is 2. The van der Waals surface area contributed by atoms with Crippen LogP contribution in [0.15, 0.2) is 84.9 Å². The molecule has 8 rings (SSSR count). The fourth-order valence-corrected chi connectivity index (χ4v) is 6.55. The summed E-state index contributed by atoms with van der Waals surface area (Å²) in [7, 11) is 0. The van der Waals surface area contributed by atoms with Gasteiger partial charge in [0.05, 0.1) is 79.3 Å². The largest absolute Gasteiger partial charge is 0.377 e. The van der Waals surface area contributed by atoms with Crippen molar-refractivity contribution < 1.29 is 38.0 Å². The number of rotatable bonds is 8. The van der Waals surface area contributed by atoms with E-state index in [-0.39, 0.29) is 22.6 Å². The molecule has 4 aliphatic heterocycles. The maximum atomic E-state index is 13.2. The van der Waals surface area contributed by atoms with Gasteiger partial charge in [0.2, 0.25) is 0 Å². The van der Waals surface area contributed by atoms with E-state index in [1.54, 1.807) is 0 Å². The van der Waals surface area contributed by atoms with E-state index in [1.165, 1.54) is 11.1 Å². The molecule has 0 fully saturated rings. The van der Waals surface area contributed by atoms with Gasteiger partial charge in [-0.1, -0.05) is 120 Å². The van der Waals surface area contributed by atoms with Gasteiger partial charge in [-0.05, 0) is 67.8 Å². The number of carbonyl (C=O) groups excluding carboxylic acids is 2. The molecule has 4 heterocycles. The van der Waals surface area contributed by atoms with Gasteiger partial charge in [-0.2, -0.15) is 0 Å². The third kappa shape index (κ3) is 16.6. The summed E-state index contributed by atoms with van der Waals surface area (Å²) in [6.07, 6.45) is 1.57. The third-order valence-corrected chi connectivity index (χ3v) is 10.3. The molecule has 4 aromatic carbocycles. The lowest BCUT2D eigenvalue weighted by atomic mass is 9.79. The van der Waals surface area contributed by atoms with Crippen LogP contribution in [0.3, 0.4) is 0 Å². The SMILES string of the molecule is CC(C)(C)c1cc(CC(=O)CCc2ccc(CNC(=O)Nc3cc4ccc3COCCOCCOCc3ccc(cc3)COCCOCCOC4)cc2)cc(C(C)(C)C)c1. The molecule has 10 nitrogen and oxygen atoms in total. The summed E-state index contributed by atoms with van der Waals surface area (Å²) in [4.78, 5) is 26.3. The van der Waals surface area contributed by atoms with Gasteiger partial charge < -0.3 is 39.1 Å². The Morgan fingerprint density at radius 1 is 0.517 bits per heavy atom. The molecular weight excluding hydrogens is 757 g/mol. The molecule has 0 spiro atoms. The van der Waals surface area contributed by atoms with E-state index < -0.39 is 0 Å². The first kappa shape index (κ1) is 46.6. The highest BCUT2D eigenvalue weighted by Gasteiger charge is 2.21. The van der Waals surface area contributed by atoms with Gasteiger partial charge in [-0.25, -0.2) is 4.79 Å². The molecule has 324 valence electrons. The minimum atomic E-state index is -0.330. The zero-order valence-electron chi connectivity index (χ0n) is 36.7. The first-order valence-corrected chi connectivity index (χ1v) is 21.3. The summed E-state index contributed by atoms with van der Waals surface area (Å²) in [6.45, 7) is 19.0.